The molecule has 1 aromatic heterocycles. The molecule has 1 fully saturated rings. The number of methoxy groups -OCH3 is 1. The van der Waals surface area contributed by atoms with E-state index in [4.69, 9.17) is 4.42 Å². The van der Waals surface area contributed by atoms with Crippen LogP contribution in [0.5, 0.6) is 0 Å². The van der Waals surface area contributed by atoms with Gasteiger partial charge in [-0.3, -0.25) is 0 Å². The van der Waals surface area contributed by atoms with E-state index in [-0.39, 0.29) is 5.97 Å². The van der Waals surface area contributed by atoms with E-state index in [1.54, 1.807) is 6.07 Å². The molecule has 0 aromatic carbocycles. The Bertz CT molecular complexity index is 413. The molecule has 1 heterocycles. The van der Waals surface area contributed by atoms with E-state index >= 15 is 0 Å². The third kappa shape index (κ3) is 3.83. The minimum Gasteiger partial charge on any atom is -0.467 e. The zero-order chi connectivity index (χ0) is 13.7. The van der Waals surface area contributed by atoms with Crippen LogP contribution in [0.15, 0.2) is 16.7 Å². The molecule has 1 aliphatic carbocycles. The second-order valence-corrected chi connectivity index (χ2v) is 5.31. The highest BCUT2D eigenvalue weighted by Gasteiger charge is 2.20. The molecule has 19 heavy (non-hydrogen) atoms. The summed E-state index contributed by atoms with van der Waals surface area (Å²) in [5, 5.41) is 3.53. The standard InChI is InChI=1S/C15H23NO3/c1-3-11-5-4-6-13(7-11)16-9-14-8-12(10-19-14)15(17)18-2/h8,10-11,13,16H,3-7,9H2,1-2H3. The number of furan rings is 1. The first-order valence-corrected chi connectivity index (χ1v) is 7.12. The van der Waals surface area contributed by atoms with Crippen molar-refractivity contribution in [2.45, 2.75) is 51.6 Å². The van der Waals surface area contributed by atoms with Crippen LogP contribution in [0, 0.1) is 5.92 Å². The summed E-state index contributed by atoms with van der Waals surface area (Å²) >= 11 is 0. The molecule has 2 rings (SSSR count). The van der Waals surface area contributed by atoms with Crippen LogP contribution in [0.1, 0.15) is 55.1 Å². The molecule has 1 aromatic rings. The van der Waals surface area contributed by atoms with Gasteiger partial charge in [0.1, 0.15) is 12.0 Å². The van der Waals surface area contributed by atoms with E-state index in [1.165, 1.54) is 45.5 Å². The van der Waals surface area contributed by atoms with E-state index in [1.807, 2.05) is 0 Å². The van der Waals surface area contributed by atoms with E-state index in [0.717, 1.165) is 11.7 Å². The lowest BCUT2D eigenvalue weighted by molar-refractivity contribution is 0.0600. The van der Waals surface area contributed by atoms with Gasteiger partial charge in [0.05, 0.1) is 19.2 Å². The van der Waals surface area contributed by atoms with Gasteiger partial charge in [-0.2, -0.15) is 0 Å². The van der Waals surface area contributed by atoms with Crippen molar-refractivity contribution in [2.24, 2.45) is 5.92 Å². The maximum absolute atomic E-state index is 11.3. The number of esters is 1. The van der Waals surface area contributed by atoms with Crippen molar-refractivity contribution in [2.75, 3.05) is 7.11 Å². The van der Waals surface area contributed by atoms with Gasteiger partial charge in [0.25, 0.3) is 0 Å². The molecule has 4 heteroatoms. The van der Waals surface area contributed by atoms with Crippen LogP contribution in [0.3, 0.4) is 0 Å². The molecule has 4 nitrogen and oxygen atoms in total. The highest BCUT2D eigenvalue weighted by molar-refractivity contribution is 5.88. The number of ether oxygens (including phenoxy) is 1. The summed E-state index contributed by atoms with van der Waals surface area (Å²) < 4.78 is 10.0. The summed E-state index contributed by atoms with van der Waals surface area (Å²) in [6, 6.07) is 2.32. The number of hydrogen-bond acceptors (Lipinski definition) is 4. The smallest absolute Gasteiger partial charge is 0.341 e. The van der Waals surface area contributed by atoms with Crippen LogP contribution in [-0.4, -0.2) is 19.1 Å². The fourth-order valence-electron chi connectivity index (χ4n) is 2.79. The predicted molar refractivity (Wildman–Crippen MR) is 72.9 cm³/mol. The van der Waals surface area contributed by atoms with Crippen LogP contribution < -0.4 is 5.32 Å². The molecular weight excluding hydrogens is 242 g/mol. The molecule has 1 saturated carbocycles. The summed E-state index contributed by atoms with van der Waals surface area (Å²) in [6.07, 6.45) is 7.88. The number of carbonyl (C=O) groups excluding carboxylic acids is 1. The van der Waals surface area contributed by atoms with Crippen LogP contribution >= 0.6 is 0 Å². The van der Waals surface area contributed by atoms with Crippen LogP contribution in [-0.2, 0) is 11.3 Å². The Morgan fingerprint density at radius 2 is 2.37 bits per heavy atom. The van der Waals surface area contributed by atoms with Gasteiger partial charge in [-0.1, -0.05) is 26.2 Å². The zero-order valence-corrected chi connectivity index (χ0v) is 11.8. The van der Waals surface area contributed by atoms with E-state index < -0.39 is 0 Å². The maximum atomic E-state index is 11.3. The Labute approximate surface area is 114 Å². The van der Waals surface area contributed by atoms with Crippen molar-refractivity contribution < 1.29 is 13.9 Å². The quantitative estimate of drug-likeness (QED) is 0.831. The molecule has 1 N–H and O–H groups in total. The zero-order valence-electron chi connectivity index (χ0n) is 11.8. The first kappa shape index (κ1) is 14.1. The lowest BCUT2D eigenvalue weighted by atomic mass is 9.84. The molecule has 106 valence electrons. The molecule has 0 aliphatic heterocycles. The Morgan fingerprint density at radius 3 is 3.11 bits per heavy atom. The SMILES string of the molecule is CCC1CCCC(NCc2cc(C(=O)OC)co2)C1. The Hall–Kier alpha value is -1.29. The molecule has 0 bridgehead atoms. The Kier molecular flexibility index (Phi) is 5.02. The van der Waals surface area contributed by atoms with Crippen molar-refractivity contribution in [3.8, 4) is 0 Å². The molecule has 0 radical (unpaired) electrons. The van der Waals surface area contributed by atoms with Gasteiger partial charge in [-0.05, 0) is 24.8 Å². The monoisotopic (exact) mass is 265 g/mol. The van der Waals surface area contributed by atoms with Gasteiger partial charge in [-0.15, -0.1) is 0 Å². The number of hydrogen-bond donors (Lipinski definition) is 1. The normalized spacial score (nSPS) is 23.3. The molecule has 1 aliphatic rings. The molecule has 0 spiro atoms. The minimum absolute atomic E-state index is 0.348. The van der Waals surface area contributed by atoms with Crippen molar-refractivity contribution in [1.29, 1.82) is 0 Å². The van der Waals surface area contributed by atoms with E-state index in [2.05, 4.69) is 17.0 Å². The van der Waals surface area contributed by atoms with Gasteiger partial charge in [-0.25, -0.2) is 4.79 Å². The second-order valence-electron chi connectivity index (χ2n) is 5.31. The first-order valence-electron chi connectivity index (χ1n) is 7.12. The molecule has 0 saturated heterocycles. The lowest BCUT2D eigenvalue weighted by Crippen LogP contribution is -2.33. The van der Waals surface area contributed by atoms with Crippen LogP contribution in [0.4, 0.5) is 0 Å². The number of rotatable bonds is 5. The molecular formula is C15H23NO3. The third-order valence-corrected chi connectivity index (χ3v) is 4.00. The van der Waals surface area contributed by atoms with Gasteiger partial charge in [0.15, 0.2) is 0 Å². The van der Waals surface area contributed by atoms with Crippen molar-refractivity contribution in [3.05, 3.63) is 23.7 Å². The molecule has 2 unspecified atom stereocenters. The third-order valence-electron chi connectivity index (χ3n) is 4.00. The largest absolute Gasteiger partial charge is 0.467 e. The van der Waals surface area contributed by atoms with Gasteiger partial charge >= 0.3 is 5.97 Å². The van der Waals surface area contributed by atoms with E-state index in [9.17, 15) is 4.79 Å². The lowest BCUT2D eigenvalue weighted by Gasteiger charge is -2.28. The van der Waals surface area contributed by atoms with Gasteiger partial charge < -0.3 is 14.5 Å². The number of carbonyl (C=O) groups is 1. The summed E-state index contributed by atoms with van der Waals surface area (Å²) in [5.41, 5.74) is 0.481. The van der Waals surface area contributed by atoms with Crippen molar-refractivity contribution >= 4 is 5.97 Å². The van der Waals surface area contributed by atoms with Crippen molar-refractivity contribution in [1.82, 2.24) is 5.32 Å². The van der Waals surface area contributed by atoms with Gasteiger partial charge in [0, 0.05) is 6.04 Å². The predicted octanol–water partition coefficient (Wildman–Crippen LogP) is 3.12. The molecule has 2 atom stereocenters. The average Bonchev–Trinajstić information content (AvgIpc) is 2.93. The van der Waals surface area contributed by atoms with Crippen LogP contribution in [0.2, 0.25) is 0 Å². The average molecular weight is 265 g/mol. The summed E-state index contributed by atoms with van der Waals surface area (Å²) in [5.74, 6) is 1.30. The second kappa shape index (κ2) is 6.75. The highest BCUT2D eigenvalue weighted by atomic mass is 16.5. The summed E-state index contributed by atoms with van der Waals surface area (Å²) in [6.45, 7) is 2.94. The Balaban J connectivity index is 1.81. The maximum Gasteiger partial charge on any atom is 0.341 e. The minimum atomic E-state index is -0.348. The van der Waals surface area contributed by atoms with E-state index in [0.29, 0.717) is 18.2 Å². The summed E-state index contributed by atoms with van der Waals surface area (Å²) in [7, 11) is 1.38. The summed E-state index contributed by atoms with van der Waals surface area (Å²) in [4.78, 5) is 11.3. The first-order chi connectivity index (χ1) is 9.22. The fourth-order valence-corrected chi connectivity index (χ4v) is 2.79. The Morgan fingerprint density at radius 1 is 1.53 bits per heavy atom. The topological polar surface area (TPSA) is 51.5 Å². The highest BCUT2D eigenvalue weighted by Crippen LogP contribution is 2.26. The van der Waals surface area contributed by atoms with Gasteiger partial charge in [0.2, 0.25) is 0 Å². The van der Waals surface area contributed by atoms with Crippen molar-refractivity contribution in [3.63, 3.8) is 0 Å². The molecule has 0 amide bonds. The van der Waals surface area contributed by atoms with Crippen LogP contribution in [0.25, 0.3) is 0 Å². The number of nitrogens with one attached hydrogen (secondary N) is 1. The fraction of sp³-hybridized carbons (Fsp3) is 0.667.